The fourth-order valence-electron chi connectivity index (χ4n) is 1.20. The van der Waals surface area contributed by atoms with Gasteiger partial charge in [-0.05, 0) is 24.9 Å². The van der Waals surface area contributed by atoms with E-state index in [9.17, 15) is 10.1 Å². The molecule has 0 aliphatic carbocycles. The summed E-state index contributed by atoms with van der Waals surface area (Å²) in [5.74, 6) is 0. The molecule has 9 heteroatoms. The third-order valence-corrected chi connectivity index (χ3v) is 3.76. The van der Waals surface area contributed by atoms with Gasteiger partial charge in [-0.1, -0.05) is 11.6 Å². The lowest BCUT2D eigenvalue weighted by molar-refractivity contribution is -0.571. The van der Waals surface area contributed by atoms with E-state index in [4.69, 9.17) is 11.6 Å². The van der Waals surface area contributed by atoms with Gasteiger partial charge in [-0.3, -0.25) is 0 Å². The van der Waals surface area contributed by atoms with Gasteiger partial charge < -0.3 is 0 Å². The zero-order valence-electron chi connectivity index (χ0n) is 9.34. The minimum absolute atomic E-state index is 0.476. The molecule has 0 fully saturated rings. The lowest BCUT2D eigenvalue weighted by Gasteiger charge is -2.04. The highest BCUT2D eigenvalue weighted by atomic mass is 35.5. The zero-order chi connectivity index (χ0) is 12.8. The Hall–Kier alpha value is -0.860. The van der Waals surface area contributed by atoms with Gasteiger partial charge in [0.25, 0.3) is 0 Å². The molecule has 0 amide bonds. The topological polar surface area (TPSA) is 71.1 Å². The first kappa shape index (κ1) is 14.2. The SMILES string of the molecule is CC[N+](Cc1cnc(Cl)s1)=C(N[N+](=O)[O-])SC. The second-order valence-corrected chi connectivity index (χ2v) is 5.46. The number of halogens is 1. The van der Waals surface area contributed by atoms with Crippen molar-refractivity contribution in [2.24, 2.45) is 0 Å². The third-order valence-electron chi connectivity index (χ3n) is 1.92. The van der Waals surface area contributed by atoms with Gasteiger partial charge in [0, 0.05) is 11.6 Å². The molecule has 1 rings (SSSR count). The van der Waals surface area contributed by atoms with Crippen LogP contribution in [0, 0.1) is 10.1 Å². The first-order chi connectivity index (χ1) is 8.06. The van der Waals surface area contributed by atoms with Crippen molar-refractivity contribution in [2.45, 2.75) is 13.5 Å². The molecule has 0 atom stereocenters. The van der Waals surface area contributed by atoms with Gasteiger partial charge in [-0.15, -0.1) is 11.3 Å². The highest BCUT2D eigenvalue weighted by molar-refractivity contribution is 8.12. The second kappa shape index (κ2) is 6.77. The molecule has 17 heavy (non-hydrogen) atoms. The van der Waals surface area contributed by atoms with Gasteiger partial charge in [-0.2, -0.15) is 0 Å². The maximum absolute atomic E-state index is 10.4. The maximum atomic E-state index is 10.4. The predicted molar refractivity (Wildman–Crippen MR) is 70.3 cm³/mol. The van der Waals surface area contributed by atoms with E-state index < -0.39 is 5.03 Å². The molecule has 0 aliphatic rings. The Morgan fingerprint density at radius 1 is 1.76 bits per heavy atom. The lowest BCUT2D eigenvalue weighted by Crippen LogP contribution is -2.35. The summed E-state index contributed by atoms with van der Waals surface area (Å²) in [6, 6.07) is 0. The molecule has 0 saturated heterocycles. The van der Waals surface area contributed by atoms with Crippen molar-refractivity contribution >= 4 is 39.9 Å². The van der Waals surface area contributed by atoms with Gasteiger partial charge in [0.1, 0.15) is 6.54 Å². The quantitative estimate of drug-likeness (QED) is 0.302. The molecule has 1 heterocycles. The average Bonchev–Trinajstić information content (AvgIpc) is 2.68. The Kier molecular flexibility index (Phi) is 5.66. The standard InChI is InChI=1S/C8H11ClN4O2S2/c1-3-12(8(16-2)11-13(14)15)5-6-4-10-7(9)17-6/h4H,3,5H2,1-2H3/p+1. The first-order valence-corrected chi connectivity index (χ1v) is 7.15. The van der Waals surface area contributed by atoms with Crippen LogP contribution >= 0.6 is 34.7 Å². The molecule has 6 nitrogen and oxygen atoms in total. The van der Waals surface area contributed by atoms with E-state index in [-0.39, 0.29) is 0 Å². The van der Waals surface area contributed by atoms with Crippen LogP contribution in [0.5, 0.6) is 0 Å². The van der Waals surface area contributed by atoms with Crippen molar-refractivity contribution in [3.8, 4) is 0 Å². The van der Waals surface area contributed by atoms with E-state index in [1.165, 1.54) is 23.1 Å². The van der Waals surface area contributed by atoms with E-state index in [1.807, 2.05) is 11.5 Å². The number of nitrogens with one attached hydrogen (secondary N) is 1. The second-order valence-electron chi connectivity index (χ2n) is 2.97. The Morgan fingerprint density at radius 2 is 2.47 bits per heavy atom. The Bertz CT molecular complexity index is 435. The number of hydrazine groups is 1. The number of thiazole rings is 1. The zero-order valence-corrected chi connectivity index (χ0v) is 11.7. The smallest absolute Gasteiger partial charge is 0.247 e. The van der Waals surface area contributed by atoms with Crippen LogP contribution in [-0.4, -0.2) is 32.6 Å². The van der Waals surface area contributed by atoms with Crippen LogP contribution in [-0.2, 0) is 6.54 Å². The van der Waals surface area contributed by atoms with Crippen molar-refractivity contribution in [3.05, 3.63) is 25.7 Å². The number of hydrogen-bond donors (Lipinski definition) is 1. The molecule has 94 valence electrons. The highest BCUT2D eigenvalue weighted by Gasteiger charge is 2.18. The summed E-state index contributed by atoms with van der Waals surface area (Å²) < 4.78 is 2.33. The summed E-state index contributed by atoms with van der Waals surface area (Å²) in [4.78, 5) is 15.4. The summed E-state index contributed by atoms with van der Waals surface area (Å²) in [6.45, 7) is 3.14. The van der Waals surface area contributed by atoms with Crippen molar-refractivity contribution < 1.29 is 9.61 Å². The van der Waals surface area contributed by atoms with Gasteiger partial charge in [0.05, 0.1) is 11.4 Å². The number of rotatable bonds is 4. The summed E-state index contributed by atoms with van der Waals surface area (Å²) >= 11 is 8.41. The molecule has 1 aromatic heterocycles. The predicted octanol–water partition coefficient (Wildman–Crippen LogP) is 1.83. The van der Waals surface area contributed by atoms with Crippen LogP contribution < -0.4 is 5.43 Å². The molecule has 1 N–H and O–H groups in total. The first-order valence-electron chi connectivity index (χ1n) is 4.74. The normalized spacial score (nSPS) is 12.2. The van der Waals surface area contributed by atoms with Crippen LogP contribution in [0.25, 0.3) is 0 Å². The lowest BCUT2D eigenvalue weighted by atomic mass is 10.5. The van der Waals surface area contributed by atoms with Crippen molar-refractivity contribution in [1.82, 2.24) is 10.4 Å². The molecule has 0 radical (unpaired) electrons. The monoisotopic (exact) mass is 295 g/mol. The van der Waals surface area contributed by atoms with Gasteiger partial charge in [0.2, 0.25) is 5.03 Å². The van der Waals surface area contributed by atoms with Crippen LogP contribution in [0.15, 0.2) is 6.20 Å². The molecular formula is C8H12ClN4O2S2+. The summed E-state index contributed by atoms with van der Waals surface area (Å²) in [5.41, 5.74) is 2.19. The number of thioether (sulfide) groups is 1. The van der Waals surface area contributed by atoms with Gasteiger partial charge >= 0.3 is 5.17 Å². The fourth-order valence-corrected chi connectivity index (χ4v) is 2.81. The maximum Gasteiger partial charge on any atom is 0.371 e. The minimum Gasteiger partial charge on any atom is -0.247 e. The van der Waals surface area contributed by atoms with Crippen molar-refractivity contribution in [1.29, 1.82) is 0 Å². The molecular weight excluding hydrogens is 284 g/mol. The van der Waals surface area contributed by atoms with E-state index in [0.29, 0.717) is 22.7 Å². The molecule has 1 aromatic rings. The van der Waals surface area contributed by atoms with Crippen LogP contribution in [0.2, 0.25) is 4.47 Å². The molecule has 0 saturated carbocycles. The largest absolute Gasteiger partial charge is 0.371 e. The summed E-state index contributed by atoms with van der Waals surface area (Å²) in [7, 11) is 0. The highest BCUT2D eigenvalue weighted by Crippen LogP contribution is 2.18. The molecule has 0 unspecified atom stereocenters. The number of amidine groups is 1. The Balaban J connectivity index is 2.87. The number of hydrogen-bond acceptors (Lipinski definition) is 5. The molecule has 0 aliphatic heterocycles. The molecule has 0 bridgehead atoms. The van der Waals surface area contributed by atoms with E-state index in [0.717, 1.165) is 4.88 Å². The third kappa shape index (κ3) is 4.49. The van der Waals surface area contributed by atoms with Gasteiger partial charge in [0.15, 0.2) is 4.47 Å². The number of aromatic nitrogens is 1. The van der Waals surface area contributed by atoms with Crippen molar-refractivity contribution in [3.63, 3.8) is 0 Å². The van der Waals surface area contributed by atoms with Crippen LogP contribution in [0.1, 0.15) is 11.8 Å². The fraction of sp³-hybridized carbons (Fsp3) is 0.500. The van der Waals surface area contributed by atoms with Crippen LogP contribution in [0.3, 0.4) is 0 Å². The number of nitro groups is 1. The van der Waals surface area contributed by atoms with E-state index in [1.54, 1.807) is 12.5 Å². The minimum atomic E-state index is -0.561. The molecule has 0 spiro atoms. The average molecular weight is 296 g/mol. The van der Waals surface area contributed by atoms with Crippen LogP contribution in [0.4, 0.5) is 0 Å². The van der Waals surface area contributed by atoms with E-state index >= 15 is 0 Å². The Labute approximate surface area is 112 Å². The van der Waals surface area contributed by atoms with E-state index in [2.05, 4.69) is 10.4 Å². The molecule has 0 aromatic carbocycles. The summed E-state index contributed by atoms with van der Waals surface area (Å²) in [6.07, 6.45) is 3.47. The number of nitrogens with zero attached hydrogens (tertiary/aromatic N) is 3. The van der Waals surface area contributed by atoms with Gasteiger partial charge in [-0.25, -0.2) is 19.7 Å². The van der Waals surface area contributed by atoms with Crippen molar-refractivity contribution in [2.75, 3.05) is 12.8 Å². The Morgan fingerprint density at radius 3 is 2.88 bits per heavy atom. The summed E-state index contributed by atoms with van der Waals surface area (Å²) in [5, 5.41) is 10.4.